The molecule has 0 radical (unpaired) electrons. The smallest absolute Gasteiger partial charge is 0.255 e. The molecule has 0 aliphatic heterocycles. The van der Waals surface area contributed by atoms with Gasteiger partial charge in [0.1, 0.15) is 0 Å². The summed E-state index contributed by atoms with van der Waals surface area (Å²) in [6, 6.07) is 8.63. The van der Waals surface area contributed by atoms with Crippen LogP contribution < -0.4 is 10.6 Å². The van der Waals surface area contributed by atoms with E-state index in [2.05, 4.69) is 53.7 Å². The molecule has 22 heavy (non-hydrogen) atoms. The molecule has 0 aromatic heterocycles. The molecule has 0 atom stereocenters. The standard InChI is InChI=1S/C16H25F2N3.HI/c1-12(2)14-8-6-13(7-9-14)5-4-10-20-16(19-3)21-11-15(17)18;/h6-9,12,15H,4-5,10-11H2,1-3H3,(H2,19,20,21);1H. The van der Waals surface area contributed by atoms with Crippen LogP contribution in [0, 0.1) is 0 Å². The number of benzene rings is 1. The van der Waals surface area contributed by atoms with Gasteiger partial charge in [-0.15, -0.1) is 24.0 Å². The summed E-state index contributed by atoms with van der Waals surface area (Å²) < 4.78 is 24.2. The van der Waals surface area contributed by atoms with Crippen LogP contribution in [0.3, 0.4) is 0 Å². The zero-order valence-corrected chi connectivity index (χ0v) is 15.7. The molecule has 0 aliphatic carbocycles. The van der Waals surface area contributed by atoms with Gasteiger partial charge in [0.25, 0.3) is 6.43 Å². The van der Waals surface area contributed by atoms with Crippen molar-refractivity contribution in [3.8, 4) is 0 Å². The molecule has 6 heteroatoms. The summed E-state index contributed by atoms with van der Waals surface area (Å²) in [5.74, 6) is 0.968. The number of hydrogen-bond acceptors (Lipinski definition) is 1. The van der Waals surface area contributed by atoms with Gasteiger partial charge in [-0.05, 0) is 29.9 Å². The second-order valence-electron chi connectivity index (χ2n) is 5.27. The average Bonchev–Trinajstić information content (AvgIpc) is 2.46. The van der Waals surface area contributed by atoms with Gasteiger partial charge in [-0.1, -0.05) is 38.1 Å². The van der Waals surface area contributed by atoms with Gasteiger partial charge in [0, 0.05) is 13.6 Å². The minimum atomic E-state index is -2.37. The Labute approximate surface area is 149 Å². The first-order valence-electron chi connectivity index (χ1n) is 7.34. The van der Waals surface area contributed by atoms with Crippen molar-refractivity contribution in [1.82, 2.24) is 10.6 Å². The first kappa shape index (κ1) is 21.1. The van der Waals surface area contributed by atoms with E-state index >= 15 is 0 Å². The SMILES string of the molecule is CN=C(NCCCc1ccc(C(C)C)cc1)NCC(F)F.I. The fraction of sp³-hybridized carbons (Fsp3) is 0.562. The van der Waals surface area contributed by atoms with Gasteiger partial charge in [0.15, 0.2) is 5.96 Å². The highest BCUT2D eigenvalue weighted by atomic mass is 127. The Morgan fingerprint density at radius 3 is 2.27 bits per heavy atom. The lowest BCUT2D eigenvalue weighted by atomic mass is 10.0. The minimum Gasteiger partial charge on any atom is -0.356 e. The quantitative estimate of drug-likeness (QED) is 0.302. The van der Waals surface area contributed by atoms with Gasteiger partial charge < -0.3 is 10.6 Å². The van der Waals surface area contributed by atoms with Crippen LogP contribution in [0.5, 0.6) is 0 Å². The van der Waals surface area contributed by atoms with E-state index in [0.29, 0.717) is 18.4 Å². The van der Waals surface area contributed by atoms with Gasteiger partial charge in [-0.25, -0.2) is 8.78 Å². The lowest BCUT2D eigenvalue weighted by Crippen LogP contribution is -2.40. The summed E-state index contributed by atoms with van der Waals surface area (Å²) in [5, 5.41) is 5.61. The van der Waals surface area contributed by atoms with Crippen LogP contribution in [0.2, 0.25) is 0 Å². The second-order valence-corrected chi connectivity index (χ2v) is 5.27. The third-order valence-electron chi connectivity index (χ3n) is 3.23. The number of nitrogens with zero attached hydrogens (tertiary/aromatic N) is 1. The topological polar surface area (TPSA) is 36.4 Å². The van der Waals surface area contributed by atoms with E-state index in [-0.39, 0.29) is 30.5 Å². The van der Waals surface area contributed by atoms with E-state index < -0.39 is 6.43 Å². The number of alkyl halides is 2. The van der Waals surface area contributed by atoms with Crippen LogP contribution in [0.4, 0.5) is 8.78 Å². The number of aliphatic imine (C=N–C) groups is 1. The van der Waals surface area contributed by atoms with Crippen molar-refractivity contribution in [3.63, 3.8) is 0 Å². The van der Waals surface area contributed by atoms with E-state index in [1.165, 1.54) is 11.1 Å². The largest absolute Gasteiger partial charge is 0.356 e. The predicted molar refractivity (Wildman–Crippen MR) is 99.6 cm³/mol. The third-order valence-corrected chi connectivity index (χ3v) is 3.23. The minimum absolute atomic E-state index is 0. The molecule has 1 aromatic carbocycles. The van der Waals surface area contributed by atoms with Crippen LogP contribution in [0.25, 0.3) is 0 Å². The molecule has 1 rings (SSSR count). The zero-order chi connectivity index (χ0) is 15.7. The van der Waals surface area contributed by atoms with Crippen LogP contribution in [0.1, 0.15) is 37.3 Å². The molecule has 0 heterocycles. The maximum Gasteiger partial charge on any atom is 0.255 e. The first-order chi connectivity index (χ1) is 10.0. The number of rotatable bonds is 7. The summed E-state index contributed by atoms with van der Waals surface area (Å²) in [5.41, 5.74) is 2.63. The lowest BCUT2D eigenvalue weighted by molar-refractivity contribution is 0.152. The Morgan fingerprint density at radius 2 is 1.77 bits per heavy atom. The van der Waals surface area contributed by atoms with Crippen molar-refractivity contribution in [2.75, 3.05) is 20.1 Å². The second kappa shape index (κ2) is 11.6. The Morgan fingerprint density at radius 1 is 1.14 bits per heavy atom. The summed E-state index contributed by atoms with van der Waals surface area (Å²) in [6.45, 7) is 4.68. The summed E-state index contributed by atoms with van der Waals surface area (Å²) in [7, 11) is 1.57. The molecule has 3 nitrogen and oxygen atoms in total. The van der Waals surface area contributed by atoms with Gasteiger partial charge >= 0.3 is 0 Å². The predicted octanol–water partition coefficient (Wildman–Crippen LogP) is 3.79. The highest BCUT2D eigenvalue weighted by Crippen LogP contribution is 2.15. The van der Waals surface area contributed by atoms with Gasteiger partial charge in [-0.2, -0.15) is 0 Å². The van der Waals surface area contributed by atoms with Crippen LogP contribution in [-0.2, 0) is 6.42 Å². The Bertz CT molecular complexity index is 434. The molecule has 1 aromatic rings. The van der Waals surface area contributed by atoms with Crippen molar-refractivity contribution in [2.45, 2.75) is 39.0 Å². The molecular formula is C16H26F2IN3. The number of aryl methyl sites for hydroxylation is 1. The number of hydrogen-bond donors (Lipinski definition) is 2. The van der Waals surface area contributed by atoms with Crippen LogP contribution in [0.15, 0.2) is 29.3 Å². The highest BCUT2D eigenvalue weighted by molar-refractivity contribution is 14.0. The van der Waals surface area contributed by atoms with Crippen molar-refractivity contribution in [2.24, 2.45) is 4.99 Å². The molecule has 0 amide bonds. The molecule has 0 unspecified atom stereocenters. The van der Waals surface area contributed by atoms with E-state index in [9.17, 15) is 8.78 Å². The first-order valence-corrected chi connectivity index (χ1v) is 7.34. The maximum atomic E-state index is 12.1. The molecule has 0 aliphatic rings. The van der Waals surface area contributed by atoms with E-state index in [0.717, 1.165) is 12.8 Å². The van der Waals surface area contributed by atoms with Crippen molar-refractivity contribution in [3.05, 3.63) is 35.4 Å². The monoisotopic (exact) mass is 425 g/mol. The van der Waals surface area contributed by atoms with Gasteiger partial charge in [0.2, 0.25) is 0 Å². The van der Waals surface area contributed by atoms with Gasteiger partial charge in [0.05, 0.1) is 6.54 Å². The molecule has 0 fully saturated rings. The number of halogens is 3. The van der Waals surface area contributed by atoms with E-state index in [4.69, 9.17) is 0 Å². The van der Waals surface area contributed by atoms with Crippen LogP contribution >= 0.6 is 24.0 Å². The molecule has 0 saturated heterocycles. The Balaban J connectivity index is 0.00000441. The molecular weight excluding hydrogens is 399 g/mol. The summed E-state index contributed by atoms with van der Waals surface area (Å²) in [6.07, 6.45) is -0.490. The van der Waals surface area contributed by atoms with Crippen LogP contribution in [-0.4, -0.2) is 32.5 Å². The van der Waals surface area contributed by atoms with E-state index in [1.807, 2.05) is 0 Å². The number of guanidine groups is 1. The Hall–Kier alpha value is -0.920. The fourth-order valence-corrected chi connectivity index (χ4v) is 1.96. The zero-order valence-electron chi connectivity index (χ0n) is 13.4. The van der Waals surface area contributed by atoms with Crippen molar-refractivity contribution >= 4 is 29.9 Å². The molecule has 0 bridgehead atoms. The Kier molecular flexibility index (Phi) is 11.1. The lowest BCUT2D eigenvalue weighted by Gasteiger charge is -2.11. The molecule has 0 spiro atoms. The third kappa shape index (κ3) is 8.51. The normalized spacial score (nSPS) is 11.5. The molecule has 2 N–H and O–H groups in total. The van der Waals surface area contributed by atoms with Crippen molar-refractivity contribution < 1.29 is 8.78 Å². The fourth-order valence-electron chi connectivity index (χ4n) is 1.96. The molecule has 0 saturated carbocycles. The number of nitrogens with one attached hydrogen (secondary N) is 2. The highest BCUT2D eigenvalue weighted by Gasteiger charge is 2.04. The maximum absolute atomic E-state index is 12.1. The van der Waals surface area contributed by atoms with Gasteiger partial charge in [-0.3, -0.25) is 4.99 Å². The summed E-state index contributed by atoms with van der Waals surface area (Å²) >= 11 is 0. The molecule has 126 valence electrons. The van der Waals surface area contributed by atoms with Crippen molar-refractivity contribution in [1.29, 1.82) is 0 Å². The summed E-state index contributed by atoms with van der Waals surface area (Å²) in [4.78, 5) is 3.90. The average molecular weight is 425 g/mol. The van der Waals surface area contributed by atoms with E-state index in [1.54, 1.807) is 7.05 Å².